The molecule has 11 heteroatoms. The lowest BCUT2D eigenvalue weighted by molar-refractivity contribution is 0.0188. The van der Waals surface area contributed by atoms with Gasteiger partial charge in [-0.25, -0.2) is 27.6 Å². The highest BCUT2D eigenvalue weighted by Crippen LogP contribution is 2.29. The maximum atomic E-state index is 14.5. The molecule has 0 aliphatic heterocycles. The van der Waals surface area contributed by atoms with Crippen LogP contribution in [0.3, 0.4) is 0 Å². The quantitative estimate of drug-likeness (QED) is 0.566. The molecule has 0 saturated carbocycles. The summed E-state index contributed by atoms with van der Waals surface area (Å²) < 4.78 is 43.4. The summed E-state index contributed by atoms with van der Waals surface area (Å²) in [6.07, 6.45) is 8.54. The van der Waals surface area contributed by atoms with Crippen LogP contribution in [0.4, 0.5) is 19.0 Å². The van der Waals surface area contributed by atoms with Crippen molar-refractivity contribution in [3.8, 4) is 12.3 Å². The van der Waals surface area contributed by atoms with Gasteiger partial charge in [0, 0.05) is 11.6 Å². The van der Waals surface area contributed by atoms with E-state index in [1.165, 1.54) is 17.3 Å². The molecule has 0 radical (unpaired) electrons. The van der Waals surface area contributed by atoms with Gasteiger partial charge in [-0.3, -0.25) is 4.98 Å². The first kappa shape index (κ1) is 20.1. The predicted molar refractivity (Wildman–Crippen MR) is 96.1 cm³/mol. The number of hydrogen-bond acceptors (Lipinski definition) is 6. The van der Waals surface area contributed by atoms with Crippen LogP contribution >= 0.6 is 0 Å². The Labute approximate surface area is 162 Å². The van der Waals surface area contributed by atoms with Crippen LogP contribution in [0.25, 0.3) is 0 Å². The number of anilines is 1. The number of aromatic amines is 1. The van der Waals surface area contributed by atoms with E-state index in [1.54, 1.807) is 0 Å². The lowest BCUT2D eigenvalue weighted by Gasteiger charge is -2.34. The van der Waals surface area contributed by atoms with Gasteiger partial charge >= 0.3 is 5.69 Å². The Balaban J connectivity index is 2.08. The number of nitrogens with zero attached hydrogens (tertiary/aromatic N) is 5. The van der Waals surface area contributed by atoms with E-state index in [0.717, 1.165) is 17.0 Å². The second-order valence-corrected chi connectivity index (χ2v) is 6.19. The van der Waals surface area contributed by atoms with Gasteiger partial charge in [-0.05, 0) is 6.07 Å². The van der Waals surface area contributed by atoms with Crippen LogP contribution in [0.15, 0.2) is 41.8 Å². The highest BCUT2D eigenvalue weighted by Gasteiger charge is 2.36. The summed E-state index contributed by atoms with van der Waals surface area (Å²) in [6.45, 7) is -1.01. The SMILES string of the molecule is C#CCN(CC(O)(Cn1cncn1)c1ccc(F)cc1F)c1[nH]c(=O)ncc1F. The van der Waals surface area contributed by atoms with Crippen molar-refractivity contribution in [2.75, 3.05) is 18.0 Å². The zero-order valence-electron chi connectivity index (χ0n) is 14.9. The molecule has 0 aliphatic carbocycles. The van der Waals surface area contributed by atoms with Crippen LogP contribution in [-0.2, 0) is 12.1 Å². The molecule has 1 aromatic carbocycles. The number of benzene rings is 1. The number of aromatic nitrogens is 5. The molecule has 8 nitrogen and oxygen atoms in total. The first-order valence-corrected chi connectivity index (χ1v) is 8.26. The Hall–Kier alpha value is -3.65. The summed E-state index contributed by atoms with van der Waals surface area (Å²) in [5.74, 6) is -0.795. The maximum absolute atomic E-state index is 14.5. The van der Waals surface area contributed by atoms with Crippen molar-refractivity contribution in [2.24, 2.45) is 0 Å². The lowest BCUT2D eigenvalue weighted by atomic mass is 9.92. The molecule has 2 aromatic heterocycles. The monoisotopic (exact) mass is 404 g/mol. The van der Waals surface area contributed by atoms with E-state index in [2.05, 4.69) is 26.0 Å². The van der Waals surface area contributed by atoms with Gasteiger partial charge in [-0.15, -0.1) is 6.42 Å². The van der Waals surface area contributed by atoms with Crippen LogP contribution in [0.2, 0.25) is 0 Å². The van der Waals surface area contributed by atoms with Gasteiger partial charge < -0.3 is 10.0 Å². The van der Waals surface area contributed by atoms with Crippen LogP contribution < -0.4 is 10.6 Å². The molecule has 0 fully saturated rings. The fraction of sp³-hybridized carbons (Fsp3) is 0.222. The molecule has 3 aromatic rings. The number of hydrogen-bond donors (Lipinski definition) is 2. The minimum Gasteiger partial charge on any atom is -0.381 e. The van der Waals surface area contributed by atoms with Crippen LogP contribution in [0.1, 0.15) is 5.56 Å². The molecule has 2 N–H and O–H groups in total. The molecule has 2 heterocycles. The third-order valence-corrected chi connectivity index (χ3v) is 4.12. The van der Waals surface area contributed by atoms with Gasteiger partial charge in [-0.2, -0.15) is 10.1 Å². The van der Waals surface area contributed by atoms with E-state index in [1.807, 2.05) is 0 Å². The van der Waals surface area contributed by atoms with Crippen molar-refractivity contribution in [3.05, 3.63) is 70.5 Å². The van der Waals surface area contributed by atoms with Gasteiger partial charge in [0.2, 0.25) is 0 Å². The zero-order valence-corrected chi connectivity index (χ0v) is 14.9. The molecule has 3 rings (SSSR count). The van der Waals surface area contributed by atoms with Crippen molar-refractivity contribution >= 4 is 5.82 Å². The normalized spacial score (nSPS) is 12.9. The molecular weight excluding hydrogens is 389 g/mol. The Morgan fingerprint density at radius 1 is 1.31 bits per heavy atom. The smallest absolute Gasteiger partial charge is 0.346 e. The minimum absolute atomic E-state index is 0.237. The van der Waals surface area contributed by atoms with Crippen molar-refractivity contribution in [2.45, 2.75) is 12.1 Å². The first-order chi connectivity index (χ1) is 13.8. The van der Waals surface area contributed by atoms with Crippen molar-refractivity contribution < 1.29 is 18.3 Å². The lowest BCUT2D eigenvalue weighted by Crippen LogP contribution is -2.46. The van der Waals surface area contributed by atoms with Crippen molar-refractivity contribution in [3.63, 3.8) is 0 Å². The summed E-state index contributed by atoms with van der Waals surface area (Å²) in [5.41, 5.74) is -3.15. The molecule has 150 valence electrons. The van der Waals surface area contributed by atoms with Gasteiger partial charge in [0.25, 0.3) is 0 Å². The van der Waals surface area contributed by atoms with Gasteiger partial charge in [-0.1, -0.05) is 12.0 Å². The Morgan fingerprint density at radius 3 is 2.76 bits per heavy atom. The van der Waals surface area contributed by atoms with E-state index >= 15 is 0 Å². The first-order valence-electron chi connectivity index (χ1n) is 8.26. The molecule has 1 atom stereocenters. The summed E-state index contributed by atoms with van der Waals surface area (Å²) in [6, 6.07) is 2.66. The van der Waals surface area contributed by atoms with E-state index in [-0.39, 0.29) is 24.5 Å². The van der Waals surface area contributed by atoms with Gasteiger partial charge in [0.05, 0.1) is 25.8 Å². The van der Waals surface area contributed by atoms with Crippen LogP contribution in [0, 0.1) is 29.8 Å². The fourth-order valence-electron chi connectivity index (χ4n) is 2.91. The van der Waals surface area contributed by atoms with E-state index < -0.39 is 35.3 Å². The predicted octanol–water partition coefficient (Wildman–Crippen LogP) is 0.806. The molecule has 0 saturated heterocycles. The second kappa shape index (κ2) is 8.15. The topological polar surface area (TPSA) is 99.9 Å². The van der Waals surface area contributed by atoms with Crippen LogP contribution in [0.5, 0.6) is 0 Å². The number of H-pyrrole nitrogens is 1. The van der Waals surface area contributed by atoms with Crippen LogP contribution in [-0.4, -0.2) is 42.9 Å². The number of terminal acetylenes is 1. The molecule has 1 unspecified atom stereocenters. The fourth-order valence-corrected chi connectivity index (χ4v) is 2.91. The van der Waals surface area contributed by atoms with Crippen molar-refractivity contribution in [1.82, 2.24) is 24.7 Å². The Bertz CT molecular complexity index is 1100. The van der Waals surface area contributed by atoms with Gasteiger partial charge in [0.1, 0.15) is 35.7 Å². The zero-order chi connectivity index (χ0) is 21.0. The summed E-state index contributed by atoms with van der Waals surface area (Å²) in [4.78, 5) is 21.9. The van der Waals surface area contributed by atoms with Gasteiger partial charge in [0.15, 0.2) is 5.82 Å². The highest BCUT2D eigenvalue weighted by atomic mass is 19.1. The molecule has 0 aliphatic rings. The number of rotatable bonds is 7. The largest absolute Gasteiger partial charge is 0.381 e. The third kappa shape index (κ3) is 4.44. The number of nitrogens with one attached hydrogen (secondary N) is 1. The Morgan fingerprint density at radius 2 is 2.10 bits per heavy atom. The standard InChI is InChI=1S/C18H15F3N6O2/c1-2-5-26(16-15(21)7-23-17(28)25-16)8-18(29,9-27-11-22-10-24-27)13-4-3-12(19)6-14(13)20/h1,3-4,6-7,10-11,29H,5,8-9H2,(H,23,25,28). The molecule has 0 bridgehead atoms. The van der Waals surface area contributed by atoms with E-state index in [4.69, 9.17) is 6.42 Å². The number of aliphatic hydroxyl groups is 1. The molecule has 0 spiro atoms. The average molecular weight is 404 g/mol. The number of halogens is 3. The molecule has 29 heavy (non-hydrogen) atoms. The summed E-state index contributed by atoms with van der Waals surface area (Å²) in [7, 11) is 0. The average Bonchev–Trinajstić information content (AvgIpc) is 3.16. The van der Waals surface area contributed by atoms with E-state index in [9.17, 15) is 23.1 Å². The Kier molecular flexibility index (Phi) is 5.65. The second-order valence-electron chi connectivity index (χ2n) is 6.19. The van der Waals surface area contributed by atoms with Crippen molar-refractivity contribution in [1.29, 1.82) is 0 Å². The third-order valence-electron chi connectivity index (χ3n) is 4.12. The molecule has 0 amide bonds. The summed E-state index contributed by atoms with van der Waals surface area (Å²) >= 11 is 0. The minimum atomic E-state index is -2.05. The summed E-state index contributed by atoms with van der Waals surface area (Å²) in [5, 5.41) is 15.2. The molecular formula is C18H15F3N6O2. The highest BCUT2D eigenvalue weighted by molar-refractivity contribution is 5.42. The van der Waals surface area contributed by atoms with E-state index in [0.29, 0.717) is 12.3 Å². The maximum Gasteiger partial charge on any atom is 0.346 e.